The minimum Gasteiger partial charge on any atom is -0.389 e. The minimum absolute atomic E-state index is 0.0487. The number of sulfone groups is 1. The topological polar surface area (TPSA) is 55.7 Å². The largest absolute Gasteiger partial charge is 0.389 e. The Morgan fingerprint density at radius 3 is 2.60 bits per heavy atom. The van der Waals surface area contributed by atoms with Crippen molar-refractivity contribution in [2.75, 3.05) is 0 Å². The molecule has 4 nitrogen and oxygen atoms in total. The second-order valence-electron chi connectivity index (χ2n) is 5.01. The summed E-state index contributed by atoms with van der Waals surface area (Å²) in [5.41, 5.74) is -0.999. The molecule has 1 heterocycles. The van der Waals surface area contributed by atoms with Crippen LogP contribution in [0, 0.1) is 5.82 Å². The van der Waals surface area contributed by atoms with E-state index < -0.39 is 26.0 Å². The number of rotatable bonds is 2. The Hall–Kier alpha value is -0.850. The van der Waals surface area contributed by atoms with Gasteiger partial charge in [-0.15, -0.1) is 0 Å². The molecule has 0 aliphatic carbocycles. The van der Waals surface area contributed by atoms with Gasteiger partial charge in [0.05, 0.1) is 0 Å². The quantitative estimate of drug-likeness (QED) is 0.773. The maximum absolute atomic E-state index is 13.8. The third-order valence-electron chi connectivity index (χ3n) is 2.80. The summed E-state index contributed by atoms with van der Waals surface area (Å²) in [4.78, 5) is 5.01. The number of nitrogens with zero attached hydrogens (tertiary/aromatic N) is 1. The van der Waals surface area contributed by atoms with E-state index in [9.17, 15) is 12.8 Å². The van der Waals surface area contributed by atoms with Crippen LogP contribution in [-0.4, -0.2) is 19.1 Å². The van der Waals surface area contributed by atoms with E-state index in [2.05, 4.69) is 5.16 Å². The van der Waals surface area contributed by atoms with Gasteiger partial charge in [0.2, 0.25) is 9.84 Å². The Labute approximate surface area is 126 Å². The van der Waals surface area contributed by atoms with Gasteiger partial charge in [0.1, 0.15) is 11.4 Å². The zero-order valence-electron chi connectivity index (χ0n) is 10.7. The predicted molar refractivity (Wildman–Crippen MR) is 76.1 cm³/mol. The van der Waals surface area contributed by atoms with Crippen molar-refractivity contribution >= 4 is 38.1 Å². The van der Waals surface area contributed by atoms with Gasteiger partial charge in [-0.05, 0) is 26.0 Å². The summed E-state index contributed by atoms with van der Waals surface area (Å²) < 4.78 is 36.8. The smallest absolute Gasteiger partial charge is 0.216 e. The molecular weight excluding hydrogens is 328 g/mol. The number of hydrogen-bond acceptors (Lipinski definition) is 4. The van der Waals surface area contributed by atoms with Crippen LogP contribution in [0.4, 0.5) is 4.39 Å². The monoisotopic (exact) mass is 339 g/mol. The summed E-state index contributed by atoms with van der Waals surface area (Å²) in [6.45, 7) is 3.39. The highest BCUT2D eigenvalue weighted by Crippen LogP contribution is 2.38. The fourth-order valence-corrected chi connectivity index (χ4v) is 4.16. The summed E-state index contributed by atoms with van der Waals surface area (Å²) in [5.74, 6) is -0.778. The molecule has 20 heavy (non-hydrogen) atoms. The number of halogens is 3. The molecule has 0 N–H and O–H groups in total. The van der Waals surface area contributed by atoms with Crippen molar-refractivity contribution in [3.8, 4) is 0 Å². The van der Waals surface area contributed by atoms with Crippen molar-refractivity contribution in [3.63, 3.8) is 0 Å². The van der Waals surface area contributed by atoms with E-state index in [1.807, 2.05) is 0 Å². The highest BCUT2D eigenvalue weighted by molar-refractivity contribution is 8.07. The van der Waals surface area contributed by atoms with Crippen LogP contribution in [-0.2, 0) is 14.7 Å². The van der Waals surface area contributed by atoms with Crippen LogP contribution in [0.25, 0.3) is 0 Å². The van der Waals surface area contributed by atoms with Gasteiger partial charge < -0.3 is 4.84 Å². The fraction of sp³-hybridized carbons (Fsp3) is 0.417. The molecule has 2 rings (SSSR count). The van der Waals surface area contributed by atoms with Crippen LogP contribution in [0.1, 0.15) is 30.5 Å². The van der Waals surface area contributed by atoms with Crippen molar-refractivity contribution in [1.82, 2.24) is 0 Å². The maximum atomic E-state index is 13.8. The van der Waals surface area contributed by atoms with Gasteiger partial charge in [-0.3, -0.25) is 0 Å². The third-order valence-corrected chi connectivity index (χ3v) is 5.71. The second-order valence-corrected chi connectivity index (χ2v) is 8.14. The third kappa shape index (κ3) is 2.77. The summed E-state index contributed by atoms with van der Waals surface area (Å²) in [6.07, 6.45) is 0.0740. The van der Waals surface area contributed by atoms with Crippen LogP contribution in [0.15, 0.2) is 23.4 Å². The number of oxime groups is 1. The molecule has 0 saturated carbocycles. The molecule has 1 atom stereocenters. The molecule has 0 bridgehead atoms. The molecule has 0 amide bonds. The normalized spacial score (nSPS) is 19.4. The van der Waals surface area contributed by atoms with Gasteiger partial charge in [-0.1, -0.05) is 34.4 Å². The molecule has 0 saturated heterocycles. The average Bonchev–Trinajstić information content (AvgIpc) is 2.70. The Morgan fingerprint density at radius 1 is 1.45 bits per heavy atom. The Bertz CT molecular complexity index is 653. The molecule has 1 aliphatic rings. The molecular formula is C12H12Cl2FNO3S. The summed E-state index contributed by atoms with van der Waals surface area (Å²) >= 11 is 11.8. The highest BCUT2D eigenvalue weighted by atomic mass is 35.5. The Morgan fingerprint density at radius 2 is 2.10 bits per heavy atom. The van der Waals surface area contributed by atoms with Crippen molar-refractivity contribution in [3.05, 3.63) is 34.6 Å². The van der Waals surface area contributed by atoms with E-state index in [0.717, 1.165) is 6.07 Å². The molecule has 0 fully saturated rings. The molecule has 0 radical (unpaired) electrons. The SMILES string of the molecule is CC1(C)CC(S(=O)(=O)C(Cl)c2c(F)cccc2Cl)=NO1. The molecule has 1 unspecified atom stereocenters. The zero-order chi connectivity index (χ0) is 15.1. The van der Waals surface area contributed by atoms with Gasteiger partial charge in [0, 0.05) is 17.0 Å². The lowest BCUT2D eigenvalue weighted by Gasteiger charge is -2.15. The maximum Gasteiger partial charge on any atom is 0.216 e. The van der Waals surface area contributed by atoms with Gasteiger partial charge in [0.15, 0.2) is 9.75 Å². The van der Waals surface area contributed by atoms with Crippen LogP contribution < -0.4 is 0 Å². The van der Waals surface area contributed by atoms with E-state index >= 15 is 0 Å². The molecule has 0 spiro atoms. The summed E-state index contributed by atoms with van der Waals surface area (Å²) in [6, 6.07) is 3.85. The molecule has 1 aromatic rings. The summed E-state index contributed by atoms with van der Waals surface area (Å²) in [5, 5.41) is 3.29. The van der Waals surface area contributed by atoms with E-state index in [-0.39, 0.29) is 22.1 Å². The predicted octanol–water partition coefficient (Wildman–Crippen LogP) is 3.64. The molecule has 110 valence electrons. The van der Waals surface area contributed by atoms with Gasteiger partial charge >= 0.3 is 0 Å². The lowest BCUT2D eigenvalue weighted by molar-refractivity contribution is 0.0123. The lowest BCUT2D eigenvalue weighted by atomic mass is 10.1. The van der Waals surface area contributed by atoms with E-state index in [0.29, 0.717) is 0 Å². The first kappa shape index (κ1) is 15.5. The van der Waals surface area contributed by atoms with Crippen molar-refractivity contribution in [2.24, 2.45) is 5.16 Å². The molecule has 8 heteroatoms. The van der Waals surface area contributed by atoms with Crippen LogP contribution in [0.3, 0.4) is 0 Å². The van der Waals surface area contributed by atoms with Crippen LogP contribution >= 0.6 is 23.2 Å². The minimum atomic E-state index is -4.04. The van der Waals surface area contributed by atoms with E-state index in [1.165, 1.54) is 12.1 Å². The first-order valence-electron chi connectivity index (χ1n) is 5.72. The first-order chi connectivity index (χ1) is 9.15. The van der Waals surface area contributed by atoms with Crippen molar-refractivity contribution < 1.29 is 17.6 Å². The Kier molecular flexibility index (Phi) is 4.01. The fourth-order valence-electron chi connectivity index (χ4n) is 1.76. The zero-order valence-corrected chi connectivity index (χ0v) is 13.1. The van der Waals surface area contributed by atoms with Gasteiger partial charge in [-0.2, -0.15) is 0 Å². The van der Waals surface area contributed by atoms with E-state index in [1.54, 1.807) is 13.8 Å². The molecule has 1 aliphatic heterocycles. The molecule has 1 aromatic carbocycles. The number of alkyl halides is 1. The number of benzene rings is 1. The summed E-state index contributed by atoms with van der Waals surface area (Å²) in [7, 11) is -4.04. The van der Waals surface area contributed by atoms with Gasteiger partial charge in [-0.25, -0.2) is 12.8 Å². The lowest BCUT2D eigenvalue weighted by Crippen LogP contribution is -2.24. The average molecular weight is 340 g/mol. The van der Waals surface area contributed by atoms with Crippen LogP contribution in [0.5, 0.6) is 0 Å². The Balaban J connectivity index is 2.41. The van der Waals surface area contributed by atoms with Crippen molar-refractivity contribution in [2.45, 2.75) is 30.6 Å². The standard InChI is InChI=1S/C12H12Cl2FNO3S/c1-12(2)6-9(16-19-12)20(17,18)11(14)10-7(13)4-3-5-8(10)15/h3-5,11H,6H2,1-2H3. The van der Waals surface area contributed by atoms with Crippen LogP contribution in [0.2, 0.25) is 5.02 Å². The first-order valence-corrected chi connectivity index (χ1v) is 8.08. The second kappa shape index (κ2) is 5.16. The van der Waals surface area contributed by atoms with E-state index in [4.69, 9.17) is 28.0 Å². The highest BCUT2D eigenvalue weighted by Gasteiger charge is 2.41. The molecule has 0 aromatic heterocycles. The number of hydrogen-bond donors (Lipinski definition) is 0. The van der Waals surface area contributed by atoms with Crippen molar-refractivity contribution in [1.29, 1.82) is 0 Å². The van der Waals surface area contributed by atoms with Gasteiger partial charge in [0.25, 0.3) is 0 Å².